The Morgan fingerprint density at radius 3 is 2.46 bits per heavy atom. The van der Waals surface area contributed by atoms with Crippen molar-refractivity contribution in [2.24, 2.45) is 0 Å². The van der Waals surface area contributed by atoms with Crippen LogP contribution in [0.15, 0.2) is 48.5 Å². The van der Waals surface area contributed by atoms with E-state index in [0.717, 1.165) is 12.8 Å². The Labute approximate surface area is 208 Å². The van der Waals surface area contributed by atoms with Crippen LogP contribution in [0.4, 0.5) is 4.39 Å². The van der Waals surface area contributed by atoms with Gasteiger partial charge in [0.15, 0.2) is 17.3 Å². The number of nitrogens with zero attached hydrogens (tertiary/aromatic N) is 1. The molecule has 0 aliphatic heterocycles. The number of ketones is 1. The average Bonchev–Trinajstić information content (AvgIpc) is 3.68. The number of carbonyl (C=O) groups is 1. The number of pyridine rings is 1. The highest BCUT2D eigenvalue weighted by molar-refractivity contribution is 6.31. The second-order valence-electron chi connectivity index (χ2n) is 8.76. The lowest BCUT2D eigenvalue weighted by Gasteiger charge is -2.24. The van der Waals surface area contributed by atoms with Crippen LogP contribution in [0.25, 0.3) is 11.3 Å². The molecular formula is C27H27ClFNO5. The molecule has 184 valence electrons. The van der Waals surface area contributed by atoms with Crippen LogP contribution in [0.1, 0.15) is 48.7 Å². The molecule has 1 heterocycles. The number of Topliss-reactive ketones (excluding diaryl/α,β-unsaturated/α-hetero) is 1. The van der Waals surface area contributed by atoms with Gasteiger partial charge in [-0.3, -0.25) is 4.79 Å². The monoisotopic (exact) mass is 499 g/mol. The smallest absolute Gasteiger partial charge is 0.163 e. The lowest BCUT2D eigenvalue weighted by molar-refractivity contribution is 0.0397. The van der Waals surface area contributed by atoms with E-state index in [2.05, 4.69) is 4.98 Å². The molecule has 1 N–H and O–H groups in total. The summed E-state index contributed by atoms with van der Waals surface area (Å²) in [6, 6.07) is 12.7. The van der Waals surface area contributed by atoms with Gasteiger partial charge in [-0.25, -0.2) is 9.37 Å². The molecule has 3 aromatic rings. The molecule has 0 amide bonds. The summed E-state index contributed by atoms with van der Waals surface area (Å²) >= 11 is 5.94. The zero-order valence-corrected chi connectivity index (χ0v) is 20.6. The van der Waals surface area contributed by atoms with Crippen molar-refractivity contribution in [1.82, 2.24) is 4.98 Å². The quantitative estimate of drug-likeness (QED) is 0.346. The lowest BCUT2D eigenvalue weighted by atomic mass is 9.92. The van der Waals surface area contributed by atoms with Gasteiger partial charge in [0.2, 0.25) is 0 Å². The molecule has 1 saturated carbocycles. The van der Waals surface area contributed by atoms with Gasteiger partial charge in [0.25, 0.3) is 0 Å². The highest BCUT2D eigenvalue weighted by Crippen LogP contribution is 2.36. The summed E-state index contributed by atoms with van der Waals surface area (Å²) in [5, 5.41) is 11.1. The lowest BCUT2D eigenvalue weighted by Crippen LogP contribution is -2.24. The molecule has 1 aliphatic carbocycles. The summed E-state index contributed by atoms with van der Waals surface area (Å²) in [5.74, 6) is 0.896. The molecule has 1 unspecified atom stereocenters. The Morgan fingerprint density at radius 2 is 1.80 bits per heavy atom. The van der Waals surface area contributed by atoms with E-state index >= 15 is 0 Å². The first-order valence-electron chi connectivity index (χ1n) is 11.3. The van der Waals surface area contributed by atoms with Gasteiger partial charge in [-0.05, 0) is 74.7 Å². The predicted octanol–water partition coefficient (Wildman–Crippen LogP) is 5.97. The Kier molecular flexibility index (Phi) is 7.28. The van der Waals surface area contributed by atoms with Gasteiger partial charge in [0.05, 0.1) is 31.0 Å². The van der Waals surface area contributed by atoms with Gasteiger partial charge in [-0.15, -0.1) is 0 Å². The van der Waals surface area contributed by atoms with E-state index < -0.39 is 11.4 Å². The number of halogens is 2. The molecule has 1 fully saturated rings. The van der Waals surface area contributed by atoms with E-state index in [4.69, 9.17) is 25.8 Å². The summed E-state index contributed by atoms with van der Waals surface area (Å²) in [4.78, 5) is 17.5. The van der Waals surface area contributed by atoms with Gasteiger partial charge in [0, 0.05) is 17.5 Å². The minimum atomic E-state index is -1.40. The summed E-state index contributed by atoms with van der Waals surface area (Å²) in [6.45, 7) is 1.60. The Balaban J connectivity index is 1.51. The van der Waals surface area contributed by atoms with E-state index in [1.54, 1.807) is 37.3 Å². The Hall–Kier alpha value is -3.16. The molecule has 0 spiro atoms. The highest BCUT2D eigenvalue weighted by atomic mass is 35.5. The Morgan fingerprint density at radius 1 is 1.09 bits per heavy atom. The van der Waals surface area contributed by atoms with Crippen molar-refractivity contribution in [3.05, 3.63) is 70.6 Å². The van der Waals surface area contributed by atoms with Crippen LogP contribution in [0.5, 0.6) is 17.2 Å². The number of ether oxygens (including phenoxy) is 3. The molecule has 2 aromatic carbocycles. The topological polar surface area (TPSA) is 77.9 Å². The first kappa shape index (κ1) is 24.9. The van der Waals surface area contributed by atoms with Crippen molar-refractivity contribution in [1.29, 1.82) is 0 Å². The molecule has 4 rings (SSSR count). The second-order valence-corrected chi connectivity index (χ2v) is 9.16. The zero-order chi connectivity index (χ0) is 25.2. The van der Waals surface area contributed by atoms with Gasteiger partial charge in [0.1, 0.15) is 22.9 Å². The van der Waals surface area contributed by atoms with Crippen LogP contribution in [0.2, 0.25) is 5.02 Å². The van der Waals surface area contributed by atoms with Gasteiger partial charge >= 0.3 is 0 Å². The molecule has 1 atom stereocenters. The molecule has 1 aliphatic rings. The molecule has 0 bridgehead atoms. The van der Waals surface area contributed by atoms with E-state index in [-0.39, 0.29) is 29.8 Å². The van der Waals surface area contributed by atoms with Crippen LogP contribution < -0.4 is 14.2 Å². The number of hydrogen-bond acceptors (Lipinski definition) is 6. The van der Waals surface area contributed by atoms with E-state index in [0.29, 0.717) is 39.8 Å². The number of aliphatic hydroxyl groups is 1. The largest absolute Gasteiger partial charge is 0.494 e. The maximum absolute atomic E-state index is 13.6. The third-order valence-corrected chi connectivity index (χ3v) is 6.26. The van der Waals surface area contributed by atoms with Crippen molar-refractivity contribution in [3.8, 4) is 28.5 Å². The summed E-state index contributed by atoms with van der Waals surface area (Å²) < 4.78 is 30.2. The highest BCUT2D eigenvalue weighted by Gasteiger charge is 2.28. The van der Waals surface area contributed by atoms with Crippen LogP contribution in [-0.2, 0) is 5.60 Å². The van der Waals surface area contributed by atoms with Crippen LogP contribution in [0.3, 0.4) is 0 Å². The number of benzene rings is 2. The minimum Gasteiger partial charge on any atom is -0.494 e. The third kappa shape index (κ3) is 5.74. The van der Waals surface area contributed by atoms with E-state index in [1.165, 1.54) is 32.4 Å². The van der Waals surface area contributed by atoms with E-state index in [9.17, 15) is 14.3 Å². The van der Waals surface area contributed by atoms with Crippen molar-refractivity contribution in [2.75, 3.05) is 14.2 Å². The standard InChI is InChI=1S/C27H27ClFNO5/c1-27(32,13-12-21(31)16-5-9-22(24(15-16)34-3)35-18-6-7-18)25-11-10-23(33-2)26(30-25)17-4-8-20(29)19(28)14-17/h4-5,8-11,14-15,18,32H,6-7,12-13H2,1-3H3. The molecular weight excluding hydrogens is 473 g/mol. The number of carbonyl (C=O) groups excluding carboxylic acids is 1. The molecule has 35 heavy (non-hydrogen) atoms. The molecule has 8 heteroatoms. The maximum Gasteiger partial charge on any atom is 0.163 e. The zero-order valence-electron chi connectivity index (χ0n) is 19.8. The summed E-state index contributed by atoms with van der Waals surface area (Å²) in [7, 11) is 3.03. The normalized spacial score (nSPS) is 14.8. The molecule has 1 aromatic heterocycles. The number of methoxy groups -OCH3 is 2. The Bertz CT molecular complexity index is 1240. The minimum absolute atomic E-state index is 0.0434. The van der Waals surface area contributed by atoms with Crippen molar-refractivity contribution >= 4 is 17.4 Å². The number of rotatable bonds is 10. The van der Waals surface area contributed by atoms with Crippen molar-refractivity contribution in [3.63, 3.8) is 0 Å². The number of aromatic nitrogens is 1. The van der Waals surface area contributed by atoms with Crippen LogP contribution in [0, 0.1) is 5.82 Å². The van der Waals surface area contributed by atoms with Gasteiger partial charge < -0.3 is 19.3 Å². The maximum atomic E-state index is 13.6. The first-order chi connectivity index (χ1) is 16.7. The second kappa shape index (κ2) is 10.2. The van der Waals surface area contributed by atoms with Gasteiger partial charge in [-0.2, -0.15) is 0 Å². The van der Waals surface area contributed by atoms with Crippen LogP contribution >= 0.6 is 11.6 Å². The molecule has 0 radical (unpaired) electrons. The third-order valence-electron chi connectivity index (χ3n) is 5.97. The SMILES string of the molecule is COc1cc(C(=O)CCC(C)(O)c2ccc(OC)c(-c3ccc(F)c(Cl)c3)n2)ccc1OC1CC1. The van der Waals surface area contributed by atoms with Crippen molar-refractivity contribution in [2.45, 2.75) is 44.3 Å². The van der Waals surface area contributed by atoms with Crippen LogP contribution in [-0.4, -0.2) is 36.2 Å². The van der Waals surface area contributed by atoms with Gasteiger partial charge in [-0.1, -0.05) is 11.6 Å². The average molecular weight is 500 g/mol. The van der Waals surface area contributed by atoms with E-state index in [1.807, 2.05) is 0 Å². The molecule has 0 saturated heterocycles. The first-order valence-corrected chi connectivity index (χ1v) is 11.7. The fourth-order valence-corrected chi connectivity index (χ4v) is 3.88. The van der Waals surface area contributed by atoms with Crippen molar-refractivity contribution < 1.29 is 28.5 Å². The summed E-state index contributed by atoms with van der Waals surface area (Å²) in [5.41, 5.74) is 0.383. The number of hydrogen-bond donors (Lipinski definition) is 1. The molecule has 6 nitrogen and oxygen atoms in total. The summed E-state index contributed by atoms with van der Waals surface area (Å²) in [6.07, 6.45) is 2.48. The fraction of sp³-hybridized carbons (Fsp3) is 0.333. The fourth-order valence-electron chi connectivity index (χ4n) is 3.69. The predicted molar refractivity (Wildman–Crippen MR) is 131 cm³/mol.